The van der Waals surface area contributed by atoms with Crippen LogP contribution < -0.4 is 25.6 Å². The Hall–Kier alpha value is -2.55. The molecule has 1 atom stereocenters. The molecule has 0 saturated carbocycles. The normalized spacial score (nSPS) is 11.4. The third-order valence-corrected chi connectivity index (χ3v) is 4.53. The minimum absolute atomic E-state index is 0.0891. The van der Waals surface area contributed by atoms with Crippen LogP contribution in [0, 0.1) is 5.92 Å². The molecule has 0 saturated heterocycles. The van der Waals surface area contributed by atoms with E-state index in [0.29, 0.717) is 34.6 Å². The lowest BCUT2D eigenvalue weighted by molar-refractivity contribution is -0.127. The highest BCUT2D eigenvalue weighted by molar-refractivity contribution is 7.80. The van der Waals surface area contributed by atoms with E-state index in [2.05, 4.69) is 16.2 Å². The maximum atomic E-state index is 12.5. The molecule has 7 nitrogen and oxygen atoms in total. The molecule has 0 spiro atoms. The van der Waals surface area contributed by atoms with Gasteiger partial charge in [-0.2, -0.15) is 0 Å². The fourth-order valence-electron chi connectivity index (χ4n) is 2.27. The number of hydrogen-bond donors (Lipinski definition) is 3. The predicted octanol–water partition coefficient (Wildman–Crippen LogP) is 4.13. The molecule has 0 aliphatic heterocycles. The fourth-order valence-corrected chi connectivity index (χ4v) is 2.87. The number of thiocarbonyl (C=S) groups is 1. The summed E-state index contributed by atoms with van der Waals surface area (Å²) < 4.78 is 11.2. The molecule has 0 heterocycles. The Morgan fingerprint density at radius 2 is 1.74 bits per heavy atom. The minimum Gasteiger partial charge on any atom is -0.492 e. The molecule has 2 amide bonds. The van der Waals surface area contributed by atoms with Crippen LogP contribution in [0.5, 0.6) is 11.5 Å². The quantitative estimate of drug-likeness (QED) is 0.405. The molecule has 31 heavy (non-hydrogen) atoms. The van der Waals surface area contributed by atoms with E-state index in [9.17, 15) is 9.59 Å². The molecule has 2 aromatic carbocycles. The summed E-state index contributed by atoms with van der Waals surface area (Å²) in [5.74, 6) is 0.0673. The summed E-state index contributed by atoms with van der Waals surface area (Å²) >= 11 is 17.0. The van der Waals surface area contributed by atoms with Crippen LogP contribution in [0.15, 0.2) is 42.5 Å². The molecule has 0 fully saturated rings. The van der Waals surface area contributed by atoms with Crippen molar-refractivity contribution in [1.82, 2.24) is 16.2 Å². The van der Waals surface area contributed by atoms with E-state index in [4.69, 9.17) is 44.9 Å². The summed E-state index contributed by atoms with van der Waals surface area (Å²) in [6.07, 6.45) is -0.894. The first-order valence-corrected chi connectivity index (χ1v) is 10.6. The number of ether oxygens (including phenoxy) is 2. The van der Waals surface area contributed by atoms with Gasteiger partial charge in [-0.15, -0.1) is 0 Å². The van der Waals surface area contributed by atoms with Crippen LogP contribution in [0.3, 0.4) is 0 Å². The summed E-state index contributed by atoms with van der Waals surface area (Å²) in [5, 5.41) is 3.14. The molecular weight excluding hydrogens is 461 g/mol. The Balaban J connectivity index is 1.87. The SMILES string of the molecule is CC(C)COc1ccccc1C(=O)NC(=S)NNC(=O)C(C)Oc1ccc(Cl)cc1Cl. The Bertz CT molecular complexity index is 956. The van der Waals surface area contributed by atoms with E-state index in [1.54, 1.807) is 36.4 Å². The van der Waals surface area contributed by atoms with Crippen LogP contribution in [-0.2, 0) is 4.79 Å². The number of nitrogens with one attached hydrogen (secondary N) is 3. The van der Waals surface area contributed by atoms with Gasteiger partial charge in [-0.1, -0.05) is 49.2 Å². The number of para-hydroxylation sites is 1. The van der Waals surface area contributed by atoms with Crippen molar-refractivity contribution in [1.29, 1.82) is 0 Å². The van der Waals surface area contributed by atoms with Gasteiger partial charge in [0.15, 0.2) is 11.2 Å². The smallest absolute Gasteiger partial charge is 0.279 e. The number of rotatable bonds is 7. The summed E-state index contributed by atoms with van der Waals surface area (Å²) in [7, 11) is 0. The zero-order chi connectivity index (χ0) is 23.0. The highest BCUT2D eigenvalue weighted by Gasteiger charge is 2.18. The van der Waals surface area contributed by atoms with Crippen molar-refractivity contribution in [2.24, 2.45) is 5.92 Å². The average molecular weight is 484 g/mol. The van der Waals surface area contributed by atoms with Crippen molar-refractivity contribution in [2.45, 2.75) is 26.9 Å². The zero-order valence-corrected chi connectivity index (χ0v) is 19.5. The second-order valence-corrected chi connectivity index (χ2v) is 8.19. The molecule has 1 unspecified atom stereocenters. The van der Waals surface area contributed by atoms with Crippen LogP contribution >= 0.6 is 35.4 Å². The number of carbonyl (C=O) groups excluding carboxylic acids is 2. The first kappa shape index (κ1) is 24.7. The molecule has 2 rings (SSSR count). The summed E-state index contributed by atoms with van der Waals surface area (Å²) in [6, 6.07) is 11.5. The molecule has 0 radical (unpaired) electrons. The monoisotopic (exact) mass is 483 g/mol. The minimum atomic E-state index is -0.894. The van der Waals surface area contributed by atoms with Gasteiger partial charge in [0.25, 0.3) is 11.8 Å². The first-order chi connectivity index (χ1) is 14.7. The standard InChI is InChI=1S/C21H23Cl2N3O4S/c1-12(2)11-29-17-7-5-4-6-15(17)20(28)24-21(31)26-25-19(27)13(3)30-18-9-8-14(22)10-16(18)23/h4-10,12-13H,11H2,1-3H3,(H,25,27)(H2,24,26,28,31). The molecule has 0 aliphatic carbocycles. The molecule has 2 aromatic rings. The number of halogens is 2. The topological polar surface area (TPSA) is 88.7 Å². The average Bonchev–Trinajstić information content (AvgIpc) is 2.72. The molecule has 10 heteroatoms. The molecule has 3 N–H and O–H groups in total. The number of hydrazine groups is 1. The van der Waals surface area contributed by atoms with E-state index >= 15 is 0 Å². The number of amides is 2. The number of benzene rings is 2. The third kappa shape index (κ3) is 7.90. The summed E-state index contributed by atoms with van der Waals surface area (Å²) in [5.41, 5.74) is 5.17. The van der Waals surface area contributed by atoms with Crippen molar-refractivity contribution in [3.63, 3.8) is 0 Å². The molecule has 0 aliphatic rings. The maximum absolute atomic E-state index is 12.5. The van der Waals surface area contributed by atoms with Crippen molar-refractivity contribution in [3.8, 4) is 11.5 Å². The highest BCUT2D eigenvalue weighted by Crippen LogP contribution is 2.28. The second-order valence-electron chi connectivity index (χ2n) is 6.93. The summed E-state index contributed by atoms with van der Waals surface area (Å²) in [4.78, 5) is 24.8. The van der Waals surface area contributed by atoms with Crippen LogP contribution in [0.2, 0.25) is 10.0 Å². The Morgan fingerprint density at radius 1 is 1.03 bits per heavy atom. The second kappa shape index (κ2) is 11.7. The Kier molecular flexibility index (Phi) is 9.36. The van der Waals surface area contributed by atoms with Gasteiger partial charge in [0.05, 0.1) is 17.2 Å². The lowest BCUT2D eigenvalue weighted by Gasteiger charge is -2.17. The van der Waals surface area contributed by atoms with Gasteiger partial charge in [0.1, 0.15) is 11.5 Å². The van der Waals surface area contributed by atoms with Gasteiger partial charge in [0.2, 0.25) is 0 Å². The van der Waals surface area contributed by atoms with E-state index in [-0.39, 0.29) is 10.1 Å². The van der Waals surface area contributed by atoms with Crippen molar-refractivity contribution in [3.05, 3.63) is 58.1 Å². The van der Waals surface area contributed by atoms with Gasteiger partial charge >= 0.3 is 0 Å². The van der Waals surface area contributed by atoms with Crippen LogP contribution in [0.4, 0.5) is 0 Å². The van der Waals surface area contributed by atoms with Crippen LogP contribution in [0.25, 0.3) is 0 Å². The number of carbonyl (C=O) groups is 2. The van der Waals surface area contributed by atoms with Crippen LogP contribution in [0.1, 0.15) is 31.1 Å². The lowest BCUT2D eigenvalue weighted by atomic mass is 10.2. The van der Waals surface area contributed by atoms with Gasteiger partial charge < -0.3 is 9.47 Å². The van der Waals surface area contributed by atoms with E-state index < -0.39 is 17.9 Å². The lowest BCUT2D eigenvalue weighted by Crippen LogP contribution is -2.51. The first-order valence-electron chi connectivity index (χ1n) is 9.42. The largest absolute Gasteiger partial charge is 0.492 e. The highest BCUT2D eigenvalue weighted by atomic mass is 35.5. The van der Waals surface area contributed by atoms with Gasteiger partial charge in [0, 0.05) is 5.02 Å². The van der Waals surface area contributed by atoms with E-state index in [1.165, 1.54) is 13.0 Å². The van der Waals surface area contributed by atoms with Crippen LogP contribution in [-0.4, -0.2) is 29.6 Å². The molecule has 166 valence electrons. The van der Waals surface area contributed by atoms with Crippen molar-refractivity contribution >= 4 is 52.3 Å². The van der Waals surface area contributed by atoms with Crippen molar-refractivity contribution in [2.75, 3.05) is 6.61 Å². The third-order valence-electron chi connectivity index (χ3n) is 3.80. The van der Waals surface area contributed by atoms with Crippen molar-refractivity contribution < 1.29 is 19.1 Å². The maximum Gasteiger partial charge on any atom is 0.279 e. The fraction of sp³-hybridized carbons (Fsp3) is 0.286. The Morgan fingerprint density at radius 3 is 2.42 bits per heavy atom. The van der Waals surface area contributed by atoms with Gasteiger partial charge in [-0.05, 0) is 55.4 Å². The molecule has 0 aromatic heterocycles. The Labute approximate surface area is 196 Å². The zero-order valence-electron chi connectivity index (χ0n) is 17.2. The molecular formula is C21H23Cl2N3O4S. The van der Waals surface area contributed by atoms with Gasteiger partial charge in [-0.3, -0.25) is 25.8 Å². The van der Waals surface area contributed by atoms with E-state index in [1.807, 2.05) is 13.8 Å². The number of hydrogen-bond acceptors (Lipinski definition) is 5. The van der Waals surface area contributed by atoms with E-state index in [0.717, 1.165) is 0 Å². The van der Waals surface area contributed by atoms with Gasteiger partial charge in [-0.25, -0.2) is 0 Å². The molecule has 0 bridgehead atoms. The summed E-state index contributed by atoms with van der Waals surface area (Å²) in [6.45, 7) is 6.02. The predicted molar refractivity (Wildman–Crippen MR) is 125 cm³/mol.